The van der Waals surface area contributed by atoms with E-state index in [1.54, 1.807) is 13.0 Å². The molecule has 0 aromatic carbocycles. The van der Waals surface area contributed by atoms with Crippen LogP contribution in [0.25, 0.3) is 0 Å². The van der Waals surface area contributed by atoms with Gasteiger partial charge in [-0.3, -0.25) is 0 Å². The Morgan fingerprint density at radius 3 is 2.90 bits per heavy atom. The molecular formula is C7H15NO2. The summed E-state index contributed by atoms with van der Waals surface area (Å²) in [6, 6.07) is 0. The summed E-state index contributed by atoms with van der Waals surface area (Å²) in [7, 11) is 0. The molecule has 0 aliphatic carbocycles. The summed E-state index contributed by atoms with van der Waals surface area (Å²) in [5.41, 5.74) is 5.23. The molecular weight excluding hydrogens is 130 g/mol. The monoisotopic (exact) mass is 145 g/mol. The number of aliphatic hydroxyl groups excluding tert-OH is 1. The van der Waals surface area contributed by atoms with Crippen molar-refractivity contribution in [2.75, 3.05) is 19.8 Å². The molecule has 0 fully saturated rings. The van der Waals surface area contributed by atoms with Crippen molar-refractivity contribution in [1.29, 1.82) is 0 Å². The maximum absolute atomic E-state index is 8.67. The normalized spacial score (nSPS) is 12.0. The van der Waals surface area contributed by atoms with Crippen molar-refractivity contribution in [2.45, 2.75) is 13.3 Å². The highest BCUT2D eigenvalue weighted by Crippen LogP contribution is 1.85. The van der Waals surface area contributed by atoms with Crippen molar-refractivity contribution in [3.05, 3.63) is 11.8 Å². The lowest BCUT2D eigenvalue weighted by molar-refractivity contribution is 0.159. The van der Waals surface area contributed by atoms with Crippen LogP contribution in [-0.2, 0) is 4.74 Å². The molecule has 0 unspecified atom stereocenters. The Bertz CT molecular complexity index is 97.8. The van der Waals surface area contributed by atoms with Gasteiger partial charge in [0.05, 0.1) is 12.4 Å². The fraction of sp³-hybridized carbons (Fsp3) is 0.714. The highest BCUT2D eigenvalue weighted by Gasteiger charge is 1.83. The highest BCUT2D eigenvalue weighted by molar-refractivity contribution is 4.85. The first-order valence-electron chi connectivity index (χ1n) is 3.41. The standard InChI is InChI=1S/C7H15NO2/c1-7(9)3-6-10-5-2-4-8/h3,9H,2,4-6,8H2,1H3/b7-3+. The van der Waals surface area contributed by atoms with Gasteiger partial charge < -0.3 is 15.6 Å². The molecule has 0 spiro atoms. The molecule has 0 aliphatic heterocycles. The van der Waals surface area contributed by atoms with E-state index < -0.39 is 0 Å². The van der Waals surface area contributed by atoms with E-state index in [1.807, 2.05) is 0 Å². The molecule has 0 aliphatic rings. The van der Waals surface area contributed by atoms with E-state index in [9.17, 15) is 0 Å². The molecule has 3 N–H and O–H groups in total. The second-order valence-electron chi connectivity index (χ2n) is 2.06. The maximum Gasteiger partial charge on any atom is 0.0874 e. The molecule has 0 radical (unpaired) electrons. The third kappa shape index (κ3) is 7.46. The van der Waals surface area contributed by atoms with E-state index in [0.29, 0.717) is 25.5 Å². The topological polar surface area (TPSA) is 55.5 Å². The van der Waals surface area contributed by atoms with Crippen LogP contribution in [0, 0.1) is 0 Å². The fourth-order valence-corrected chi connectivity index (χ4v) is 0.448. The van der Waals surface area contributed by atoms with E-state index >= 15 is 0 Å². The van der Waals surface area contributed by atoms with Crippen LogP contribution in [0.5, 0.6) is 0 Å². The van der Waals surface area contributed by atoms with Gasteiger partial charge in [-0.15, -0.1) is 0 Å². The van der Waals surface area contributed by atoms with Gasteiger partial charge in [0.15, 0.2) is 0 Å². The zero-order valence-electron chi connectivity index (χ0n) is 6.34. The molecule has 10 heavy (non-hydrogen) atoms. The smallest absolute Gasteiger partial charge is 0.0874 e. The minimum atomic E-state index is 0.299. The van der Waals surface area contributed by atoms with Crippen LogP contribution in [0.1, 0.15) is 13.3 Å². The predicted molar refractivity (Wildman–Crippen MR) is 40.9 cm³/mol. The number of allylic oxidation sites excluding steroid dienone is 1. The van der Waals surface area contributed by atoms with Crippen LogP contribution < -0.4 is 5.73 Å². The first kappa shape index (κ1) is 9.46. The Hall–Kier alpha value is -0.540. The van der Waals surface area contributed by atoms with Gasteiger partial charge in [-0.1, -0.05) is 0 Å². The summed E-state index contributed by atoms with van der Waals surface area (Å²) in [6.07, 6.45) is 2.49. The van der Waals surface area contributed by atoms with Gasteiger partial charge in [0.2, 0.25) is 0 Å². The van der Waals surface area contributed by atoms with E-state index in [2.05, 4.69) is 0 Å². The first-order valence-corrected chi connectivity index (χ1v) is 3.41. The van der Waals surface area contributed by atoms with Gasteiger partial charge >= 0.3 is 0 Å². The maximum atomic E-state index is 8.67. The van der Waals surface area contributed by atoms with Gasteiger partial charge in [-0.05, 0) is 26.0 Å². The van der Waals surface area contributed by atoms with Gasteiger partial charge in [-0.25, -0.2) is 0 Å². The van der Waals surface area contributed by atoms with Gasteiger partial charge in [-0.2, -0.15) is 0 Å². The number of ether oxygens (including phenoxy) is 1. The molecule has 0 bridgehead atoms. The molecule has 0 aromatic heterocycles. The fourth-order valence-electron chi connectivity index (χ4n) is 0.448. The summed E-state index contributed by atoms with van der Waals surface area (Å²) < 4.78 is 5.07. The molecule has 3 nitrogen and oxygen atoms in total. The van der Waals surface area contributed by atoms with Crippen molar-refractivity contribution >= 4 is 0 Å². The summed E-state index contributed by atoms with van der Waals surface area (Å²) in [5, 5.41) is 8.67. The van der Waals surface area contributed by atoms with Crippen molar-refractivity contribution in [1.82, 2.24) is 0 Å². The average molecular weight is 145 g/mol. The molecule has 0 saturated carbocycles. The molecule has 0 saturated heterocycles. The number of hydrogen-bond donors (Lipinski definition) is 2. The third-order valence-corrected chi connectivity index (χ3v) is 0.989. The van der Waals surface area contributed by atoms with Crippen molar-refractivity contribution in [3.63, 3.8) is 0 Å². The number of rotatable bonds is 5. The molecule has 0 aromatic rings. The first-order chi connectivity index (χ1) is 4.77. The number of aliphatic hydroxyl groups is 1. The van der Waals surface area contributed by atoms with Crippen LogP contribution in [0.15, 0.2) is 11.8 Å². The second kappa shape index (κ2) is 6.58. The largest absolute Gasteiger partial charge is 0.513 e. The minimum Gasteiger partial charge on any atom is -0.513 e. The Balaban J connectivity index is 2.98. The molecule has 3 heteroatoms. The lowest BCUT2D eigenvalue weighted by Gasteiger charge is -1.97. The zero-order valence-corrected chi connectivity index (χ0v) is 6.34. The third-order valence-electron chi connectivity index (χ3n) is 0.989. The van der Waals surface area contributed by atoms with Gasteiger partial charge in [0.1, 0.15) is 0 Å². The quantitative estimate of drug-likeness (QED) is 0.444. The Morgan fingerprint density at radius 2 is 2.40 bits per heavy atom. The summed E-state index contributed by atoms with van der Waals surface area (Å²) in [6.45, 7) is 3.41. The predicted octanol–water partition coefficient (Wildman–Crippen LogP) is 0.814. The molecule has 0 atom stereocenters. The lowest BCUT2D eigenvalue weighted by Crippen LogP contribution is -2.04. The number of nitrogens with two attached hydrogens (primary N) is 1. The summed E-state index contributed by atoms with van der Waals surface area (Å²) in [5.74, 6) is 0.299. The van der Waals surface area contributed by atoms with Crippen LogP contribution in [0.3, 0.4) is 0 Å². The Morgan fingerprint density at radius 1 is 1.70 bits per heavy atom. The molecule has 0 heterocycles. The van der Waals surface area contributed by atoms with E-state index in [-0.39, 0.29) is 0 Å². The Labute approximate surface area is 61.5 Å². The second-order valence-corrected chi connectivity index (χ2v) is 2.06. The van der Waals surface area contributed by atoms with Crippen LogP contribution in [0.2, 0.25) is 0 Å². The van der Waals surface area contributed by atoms with E-state index in [0.717, 1.165) is 6.42 Å². The van der Waals surface area contributed by atoms with Gasteiger partial charge in [0, 0.05) is 6.61 Å². The van der Waals surface area contributed by atoms with Crippen LogP contribution in [0.4, 0.5) is 0 Å². The van der Waals surface area contributed by atoms with Gasteiger partial charge in [0.25, 0.3) is 0 Å². The Kier molecular flexibility index (Phi) is 6.22. The summed E-state index contributed by atoms with van der Waals surface area (Å²) >= 11 is 0. The number of hydrogen-bond acceptors (Lipinski definition) is 3. The van der Waals surface area contributed by atoms with E-state index in [1.165, 1.54) is 0 Å². The SMILES string of the molecule is C/C(O)=C\COCCCN. The average Bonchev–Trinajstić information content (AvgIpc) is 1.87. The molecule has 60 valence electrons. The minimum absolute atomic E-state index is 0.299. The van der Waals surface area contributed by atoms with Crippen LogP contribution in [-0.4, -0.2) is 24.9 Å². The molecule has 0 rings (SSSR count). The van der Waals surface area contributed by atoms with Crippen LogP contribution >= 0.6 is 0 Å². The van der Waals surface area contributed by atoms with E-state index in [4.69, 9.17) is 15.6 Å². The van der Waals surface area contributed by atoms with Crippen molar-refractivity contribution in [3.8, 4) is 0 Å². The summed E-state index contributed by atoms with van der Waals surface area (Å²) in [4.78, 5) is 0. The molecule has 0 amide bonds. The zero-order chi connectivity index (χ0) is 7.82. The highest BCUT2D eigenvalue weighted by atomic mass is 16.5. The lowest BCUT2D eigenvalue weighted by atomic mass is 10.4. The van der Waals surface area contributed by atoms with Crippen molar-refractivity contribution < 1.29 is 9.84 Å². The van der Waals surface area contributed by atoms with Crippen molar-refractivity contribution in [2.24, 2.45) is 5.73 Å².